The highest BCUT2D eigenvalue weighted by Gasteiger charge is 2.18. The fourth-order valence-corrected chi connectivity index (χ4v) is 2.16. The van der Waals surface area contributed by atoms with Gasteiger partial charge in [0.15, 0.2) is 5.82 Å². The van der Waals surface area contributed by atoms with E-state index in [1.807, 2.05) is 0 Å². The number of nitrogens with one attached hydrogen (secondary N) is 1. The number of rotatable bonds is 1. The van der Waals surface area contributed by atoms with Crippen molar-refractivity contribution in [3.63, 3.8) is 0 Å². The monoisotopic (exact) mass is 216 g/mol. The topological polar surface area (TPSA) is 63.6 Å². The Morgan fingerprint density at radius 2 is 2.19 bits per heavy atom. The minimum atomic E-state index is 0.0356. The van der Waals surface area contributed by atoms with Gasteiger partial charge in [0.05, 0.1) is 0 Å². The molecule has 82 valence electrons. The van der Waals surface area contributed by atoms with Gasteiger partial charge in [0.25, 0.3) is 5.56 Å². The molecule has 0 aliphatic heterocycles. The molecular formula is C11H12N4O. The SMILES string of the molecule is O=c1c2c([nH]n1-c1ccncn1)CCCC2. The van der Waals surface area contributed by atoms with Crippen LogP contribution < -0.4 is 5.56 Å². The maximum atomic E-state index is 12.1. The summed E-state index contributed by atoms with van der Waals surface area (Å²) < 4.78 is 1.51. The first-order valence-corrected chi connectivity index (χ1v) is 5.45. The lowest BCUT2D eigenvalue weighted by molar-refractivity contribution is 0.670. The van der Waals surface area contributed by atoms with Crippen LogP contribution in [0.3, 0.4) is 0 Å². The summed E-state index contributed by atoms with van der Waals surface area (Å²) in [5, 5.41) is 3.13. The predicted molar refractivity (Wildman–Crippen MR) is 58.6 cm³/mol. The van der Waals surface area contributed by atoms with Crippen molar-refractivity contribution in [1.29, 1.82) is 0 Å². The van der Waals surface area contributed by atoms with E-state index in [0.29, 0.717) is 5.82 Å². The lowest BCUT2D eigenvalue weighted by atomic mass is 9.98. The van der Waals surface area contributed by atoms with E-state index in [0.717, 1.165) is 36.9 Å². The number of nitrogens with zero attached hydrogens (tertiary/aromatic N) is 3. The number of hydrogen-bond donors (Lipinski definition) is 1. The van der Waals surface area contributed by atoms with Gasteiger partial charge in [0.1, 0.15) is 6.33 Å². The van der Waals surface area contributed by atoms with Crippen molar-refractivity contribution in [2.75, 3.05) is 0 Å². The van der Waals surface area contributed by atoms with Crippen LogP contribution in [0, 0.1) is 0 Å². The maximum Gasteiger partial charge on any atom is 0.276 e. The Balaban J connectivity index is 2.16. The highest BCUT2D eigenvalue weighted by molar-refractivity contribution is 5.26. The summed E-state index contributed by atoms with van der Waals surface area (Å²) in [4.78, 5) is 20.0. The van der Waals surface area contributed by atoms with E-state index >= 15 is 0 Å². The summed E-state index contributed by atoms with van der Waals surface area (Å²) in [5.41, 5.74) is 2.02. The zero-order valence-electron chi connectivity index (χ0n) is 8.81. The molecule has 0 spiro atoms. The maximum absolute atomic E-state index is 12.1. The van der Waals surface area contributed by atoms with E-state index in [1.54, 1.807) is 12.3 Å². The molecule has 5 nitrogen and oxygen atoms in total. The van der Waals surface area contributed by atoms with Crippen molar-refractivity contribution in [2.24, 2.45) is 0 Å². The normalized spacial score (nSPS) is 14.8. The predicted octanol–water partition coefficient (Wildman–Crippen LogP) is 0.834. The minimum absolute atomic E-state index is 0.0356. The fraction of sp³-hybridized carbons (Fsp3) is 0.364. The summed E-state index contributed by atoms with van der Waals surface area (Å²) in [7, 11) is 0. The molecule has 0 radical (unpaired) electrons. The molecule has 0 unspecified atom stereocenters. The molecule has 2 heterocycles. The van der Waals surface area contributed by atoms with Crippen molar-refractivity contribution >= 4 is 0 Å². The van der Waals surface area contributed by atoms with Crippen LogP contribution in [-0.2, 0) is 12.8 Å². The van der Waals surface area contributed by atoms with Crippen LogP contribution in [-0.4, -0.2) is 19.7 Å². The Hall–Kier alpha value is -1.91. The van der Waals surface area contributed by atoms with Crippen LogP contribution in [0.5, 0.6) is 0 Å². The van der Waals surface area contributed by atoms with Gasteiger partial charge in [-0.05, 0) is 25.7 Å². The third-order valence-electron chi connectivity index (χ3n) is 2.97. The summed E-state index contributed by atoms with van der Waals surface area (Å²) in [6.07, 6.45) is 7.17. The molecule has 0 fully saturated rings. The minimum Gasteiger partial charge on any atom is -0.293 e. The number of aromatic amines is 1. The second-order valence-corrected chi connectivity index (χ2v) is 3.98. The summed E-state index contributed by atoms with van der Waals surface area (Å²) in [5.74, 6) is 0.606. The van der Waals surface area contributed by atoms with Crippen molar-refractivity contribution in [3.05, 3.63) is 40.2 Å². The molecular weight excluding hydrogens is 204 g/mol. The molecule has 0 saturated heterocycles. The number of aryl methyl sites for hydroxylation is 1. The summed E-state index contributed by atoms with van der Waals surface area (Å²) in [6, 6.07) is 1.73. The molecule has 0 saturated carbocycles. The van der Waals surface area contributed by atoms with Crippen LogP contribution in [0.15, 0.2) is 23.4 Å². The van der Waals surface area contributed by atoms with Crippen LogP contribution in [0.2, 0.25) is 0 Å². The second kappa shape index (κ2) is 3.59. The Labute approximate surface area is 92.2 Å². The molecule has 1 N–H and O–H groups in total. The van der Waals surface area contributed by atoms with Gasteiger partial charge in [-0.3, -0.25) is 9.89 Å². The van der Waals surface area contributed by atoms with Crippen LogP contribution in [0.1, 0.15) is 24.1 Å². The van der Waals surface area contributed by atoms with Crippen LogP contribution >= 0.6 is 0 Å². The van der Waals surface area contributed by atoms with E-state index in [9.17, 15) is 4.79 Å². The largest absolute Gasteiger partial charge is 0.293 e. The molecule has 0 aromatic carbocycles. The second-order valence-electron chi connectivity index (χ2n) is 3.98. The molecule has 0 atom stereocenters. The zero-order valence-corrected chi connectivity index (χ0v) is 8.81. The Morgan fingerprint density at radius 3 is 2.94 bits per heavy atom. The fourth-order valence-electron chi connectivity index (χ4n) is 2.16. The first kappa shape index (κ1) is 9.33. The lowest BCUT2D eigenvalue weighted by Crippen LogP contribution is -2.18. The van der Waals surface area contributed by atoms with Crippen molar-refractivity contribution in [3.8, 4) is 5.82 Å². The highest BCUT2D eigenvalue weighted by atomic mass is 16.1. The van der Waals surface area contributed by atoms with Gasteiger partial charge < -0.3 is 0 Å². The Kier molecular flexibility index (Phi) is 2.09. The number of aromatic nitrogens is 4. The molecule has 2 aromatic heterocycles. The van der Waals surface area contributed by atoms with E-state index in [4.69, 9.17) is 0 Å². The van der Waals surface area contributed by atoms with Gasteiger partial charge >= 0.3 is 0 Å². The number of fused-ring (bicyclic) bond motifs is 1. The third kappa shape index (κ3) is 1.36. The average Bonchev–Trinajstić information content (AvgIpc) is 2.69. The first-order valence-electron chi connectivity index (χ1n) is 5.45. The average molecular weight is 216 g/mol. The number of hydrogen-bond acceptors (Lipinski definition) is 3. The van der Waals surface area contributed by atoms with Crippen molar-refractivity contribution in [1.82, 2.24) is 19.7 Å². The first-order chi connectivity index (χ1) is 7.86. The molecule has 16 heavy (non-hydrogen) atoms. The molecule has 1 aliphatic rings. The van der Waals surface area contributed by atoms with Gasteiger partial charge in [0, 0.05) is 23.5 Å². The van der Waals surface area contributed by atoms with E-state index in [-0.39, 0.29) is 5.56 Å². The number of H-pyrrole nitrogens is 1. The third-order valence-corrected chi connectivity index (χ3v) is 2.97. The summed E-state index contributed by atoms with van der Waals surface area (Å²) in [6.45, 7) is 0. The molecule has 5 heteroatoms. The van der Waals surface area contributed by atoms with Crippen LogP contribution in [0.25, 0.3) is 5.82 Å². The molecule has 2 aromatic rings. The van der Waals surface area contributed by atoms with Gasteiger partial charge in [-0.2, -0.15) is 0 Å². The van der Waals surface area contributed by atoms with E-state index in [2.05, 4.69) is 15.1 Å². The highest BCUT2D eigenvalue weighted by Crippen LogP contribution is 2.16. The lowest BCUT2D eigenvalue weighted by Gasteiger charge is -2.07. The molecule has 0 amide bonds. The zero-order chi connectivity index (χ0) is 11.0. The smallest absolute Gasteiger partial charge is 0.276 e. The standard InChI is InChI=1S/C11H12N4O/c16-11-8-3-1-2-4-9(8)14-15(11)10-5-6-12-7-13-10/h5-7,14H,1-4H2. The van der Waals surface area contributed by atoms with Gasteiger partial charge in [-0.1, -0.05) is 0 Å². The quantitative estimate of drug-likeness (QED) is 0.768. The van der Waals surface area contributed by atoms with Gasteiger partial charge in [0.2, 0.25) is 0 Å². The van der Waals surface area contributed by atoms with Crippen molar-refractivity contribution < 1.29 is 0 Å². The molecule has 0 bridgehead atoms. The van der Waals surface area contributed by atoms with Crippen molar-refractivity contribution in [2.45, 2.75) is 25.7 Å². The van der Waals surface area contributed by atoms with E-state index in [1.165, 1.54) is 11.0 Å². The molecule has 1 aliphatic carbocycles. The van der Waals surface area contributed by atoms with Crippen LogP contribution in [0.4, 0.5) is 0 Å². The molecule has 3 rings (SSSR count). The van der Waals surface area contributed by atoms with Gasteiger partial charge in [-0.25, -0.2) is 14.6 Å². The Bertz CT molecular complexity index is 555. The summed E-state index contributed by atoms with van der Waals surface area (Å²) >= 11 is 0. The van der Waals surface area contributed by atoms with E-state index < -0.39 is 0 Å². The van der Waals surface area contributed by atoms with Gasteiger partial charge in [-0.15, -0.1) is 0 Å². The Morgan fingerprint density at radius 1 is 1.31 bits per heavy atom.